The summed E-state index contributed by atoms with van der Waals surface area (Å²) in [5.74, 6) is 0. The Morgan fingerprint density at radius 2 is 0.714 bits per heavy atom. The van der Waals surface area contributed by atoms with Gasteiger partial charge in [0.1, 0.15) is 0 Å². The molecule has 0 aliphatic carbocycles. The predicted octanol–water partition coefficient (Wildman–Crippen LogP) is 10.1. The van der Waals surface area contributed by atoms with E-state index < -0.39 is 0 Å². The molecular formula is C26H53NO. The Balaban J connectivity index is 3.48. The zero-order chi connectivity index (χ0) is 20.8. The first-order valence-electron chi connectivity index (χ1n) is 13.0. The molecule has 0 bridgehead atoms. The SMILES string of the molecule is CCCCCCCCCCCCC(C)(CCCCCCCCCCCC)N=O. The van der Waals surface area contributed by atoms with Crippen molar-refractivity contribution in [2.75, 3.05) is 0 Å². The summed E-state index contributed by atoms with van der Waals surface area (Å²) in [4.78, 5) is 11.4. The highest BCUT2D eigenvalue weighted by Gasteiger charge is 2.23. The van der Waals surface area contributed by atoms with E-state index in [1.54, 1.807) is 0 Å². The maximum absolute atomic E-state index is 11.4. The quantitative estimate of drug-likeness (QED) is 0.125. The molecule has 0 amide bonds. The lowest BCUT2D eigenvalue weighted by Crippen LogP contribution is -2.21. The molecule has 0 atom stereocenters. The Labute approximate surface area is 178 Å². The minimum absolute atomic E-state index is 0.305. The summed E-state index contributed by atoms with van der Waals surface area (Å²) in [5.41, 5.74) is -0.305. The first-order chi connectivity index (χ1) is 13.7. The fourth-order valence-electron chi connectivity index (χ4n) is 4.20. The van der Waals surface area contributed by atoms with Gasteiger partial charge in [0, 0.05) is 0 Å². The zero-order valence-electron chi connectivity index (χ0n) is 19.9. The van der Waals surface area contributed by atoms with Crippen LogP contribution >= 0.6 is 0 Å². The largest absolute Gasteiger partial charge is 0.150 e. The highest BCUT2D eigenvalue weighted by Crippen LogP contribution is 2.26. The van der Waals surface area contributed by atoms with Crippen LogP contribution in [0.2, 0.25) is 0 Å². The summed E-state index contributed by atoms with van der Waals surface area (Å²) in [6.07, 6.45) is 29.0. The van der Waals surface area contributed by atoms with Gasteiger partial charge in [-0.1, -0.05) is 147 Å². The number of nitrogens with zero attached hydrogens (tertiary/aromatic N) is 1. The molecule has 0 radical (unpaired) electrons. The second-order valence-corrected chi connectivity index (χ2v) is 9.45. The lowest BCUT2D eigenvalue weighted by atomic mass is 9.89. The van der Waals surface area contributed by atoms with Crippen LogP contribution in [0.3, 0.4) is 0 Å². The van der Waals surface area contributed by atoms with Crippen molar-refractivity contribution in [2.24, 2.45) is 5.18 Å². The van der Waals surface area contributed by atoms with Crippen LogP contribution in [0.15, 0.2) is 5.18 Å². The van der Waals surface area contributed by atoms with Crippen LogP contribution in [0.4, 0.5) is 0 Å². The van der Waals surface area contributed by atoms with Gasteiger partial charge in [0.15, 0.2) is 0 Å². The molecule has 0 aromatic carbocycles. The van der Waals surface area contributed by atoms with Gasteiger partial charge in [0.2, 0.25) is 0 Å². The first kappa shape index (κ1) is 27.6. The van der Waals surface area contributed by atoms with Crippen LogP contribution in [0.5, 0.6) is 0 Å². The van der Waals surface area contributed by atoms with Crippen LogP contribution in [0.1, 0.15) is 162 Å². The number of hydrogen-bond donors (Lipinski definition) is 0. The standard InChI is InChI=1S/C26H53NO/c1-4-6-8-10-12-14-16-18-20-22-24-26(3,27-28)25-23-21-19-17-15-13-11-9-7-5-2/h4-25H2,1-3H3. The second kappa shape index (κ2) is 21.3. The molecule has 0 N–H and O–H groups in total. The van der Waals surface area contributed by atoms with Gasteiger partial charge >= 0.3 is 0 Å². The third kappa shape index (κ3) is 18.9. The van der Waals surface area contributed by atoms with Crippen molar-refractivity contribution in [3.05, 3.63) is 4.91 Å². The summed E-state index contributed by atoms with van der Waals surface area (Å²) in [5, 5.41) is 3.52. The minimum Gasteiger partial charge on any atom is -0.150 e. The third-order valence-electron chi connectivity index (χ3n) is 6.36. The van der Waals surface area contributed by atoms with Gasteiger partial charge in [-0.15, -0.1) is 0 Å². The monoisotopic (exact) mass is 395 g/mol. The van der Waals surface area contributed by atoms with E-state index in [1.165, 1.54) is 128 Å². The zero-order valence-corrected chi connectivity index (χ0v) is 19.9. The van der Waals surface area contributed by atoms with E-state index in [0.717, 1.165) is 12.8 Å². The van der Waals surface area contributed by atoms with E-state index in [-0.39, 0.29) is 5.54 Å². The molecule has 0 aromatic heterocycles. The smallest absolute Gasteiger partial charge is 0.0998 e. The first-order valence-corrected chi connectivity index (χ1v) is 13.0. The fraction of sp³-hybridized carbons (Fsp3) is 1.00. The van der Waals surface area contributed by atoms with E-state index in [1.807, 2.05) is 0 Å². The summed E-state index contributed by atoms with van der Waals surface area (Å²) in [7, 11) is 0. The summed E-state index contributed by atoms with van der Waals surface area (Å²) in [6.45, 7) is 6.64. The predicted molar refractivity (Wildman–Crippen MR) is 127 cm³/mol. The van der Waals surface area contributed by atoms with Gasteiger partial charge in [-0.3, -0.25) is 0 Å². The van der Waals surface area contributed by atoms with Crippen molar-refractivity contribution in [3.8, 4) is 0 Å². The normalized spacial score (nSPS) is 11.8. The van der Waals surface area contributed by atoms with Gasteiger partial charge in [-0.25, -0.2) is 0 Å². The fourth-order valence-corrected chi connectivity index (χ4v) is 4.20. The summed E-state index contributed by atoms with van der Waals surface area (Å²) >= 11 is 0. The minimum atomic E-state index is -0.305. The average Bonchev–Trinajstić information content (AvgIpc) is 2.71. The van der Waals surface area contributed by atoms with Gasteiger partial charge in [-0.05, 0) is 19.8 Å². The van der Waals surface area contributed by atoms with Crippen molar-refractivity contribution in [2.45, 2.75) is 168 Å². The van der Waals surface area contributed by atoms with Crippen LogP contribution in [-0.4, -0.2) is 5.54 Å². The molecule has 0 saturated heterocycles. The van der Waals surface area contributed by atoms with E-state index in [4.69, 9.17) is 0 Å². The van der Waals surface area contributed by atoms with Crippen molar-refractivity contribution in [1.29, 1.82) is 0 Å². The van der Waals surface area contributed by atoms with E-state index >= 15 is 0 Å². The molecular weight excluding hydrogens is 342 g/mol. The lowest BCUT2D eigenvalue weighted by molar-refractivity contribution is 0.363. The Bertz CT molecular complexity index is 292. The number of nitroso groups, excluding NO2 is 1. The van der Waals surface area contributed by atoms with Crippen molar-refractivity contribution in [1.82, 2.24) is 0 Å². The van der Waals surface area contributed by atoms with E-state index in [9.17, 15) is 4.91 Å². The molecule has 0 aliphatic heterocycles. The third-order valence-corrected chi connectivity index (χ3v) is 6.36. The van der Waals surface area contributed by atoms with Gasteiger partial charge < -0.3 is 0 Å². The topological polar surface area (TPSA) is 29.4 Å². The molecule has 0 aromatic rings. The maximum Gasteiger partial charge on any atom is 0.0998 e. The lowest BCUT2D eigenvalue weighted by Gasteiger charge is -2.21. The van der Waals surface area contributed by atoms with Crippen molar-refractivity contribution >= 4 is 0 Å². The van der Waals surface area contributed by atoms with Gasteiger partial charge in [-0.2, -0.15) is 4.91 Å². The van der Waals surface area contributed by atoms with Gasteiger partial charge in [0.05, 0.1) is 5.54 Å². The molecule has 0 unspecified atom stereocenters. The van der Waals surface area contributed by atoms with Crippen LogP contribution in [0.25, 0.3) is 0 Å². The molecule has 2 heteroatoms. The Morgan fingerprint density at radius 1 is 0.464 bits per heavy atom. The van der Waals surface area contributed by atoms with Crippen LogP contribution in [-0.2, 0) is 0 Å². The molecule has 2 nitrogen and oxygen atoms in total. The van der Waals surface area contributed by atoms with E-state index in [0.29, 0.717) is 0 Å². The molecule has 28 heavy (non-hydrogen) atoms. The Kier molecular flexibility index (Phi) is 21.0. The molecule has 0 fully saturated rings. The second-order valence-electron chi connectivity index (χ2n) is 9.45. The van der Waals surface area contributed by atoms with Crippen LogP contribution in [0, 0.1) is 4.91 Å². The Hall–Kier alpha value is -0.400. The molecule has 168 valence electrons. The summed E-state index contributed by atoms with van der Waals surface area (Å²) in [6, 6.07) is 0. The Morgan fingerprint density at radius 3 is 0.964 bits per heavy atom. The molecule has 0 saturated carbocycles. The number of unbranched alkanes of at least 4 members (excludes halogenated alkanes) is 18. The average molecular weight is 396 g/mol. The molecule has 0 aliphatic rings. The van der Waals surface area contributed by atoms with Gasteiger partial charge in [0.25, 0.3) is 0 Å². The molecule has 0 spiro atoms. The molecule has 0 heterocycles. The molecule has 0 rings (SSSR count). The highest BCUT2D eigenvalue weighted by atomic mass is 16.3. The summed E-state index contributed by atoms with van der Waals surface area (Å²) < 4.78 is 0. The maximum atomic E-state index is 11.4. The number of hydrogen-bond acceptors (Lipinski definition) is 2. The van der Waals surface area contributed by atoms with E-state index in [2.05, 4.69) is 25.9 Å². The number of rotatable bonds is 23. The van der Waals surface area contributed by atoms with Crippen molar-refractivity contribution in [3.63, 3.8) is 0 Å². The van der Waals surface area contributed by atoms with Crippen LogP contribution < -0.4 is 0 Å². The van der Waals surface area contributed by atoms with Crippen molar-refractivity contribution < 1.29 is 0 Å². The highest BCUT2D eigenvalue weighted by molar-refractivity contribution is 4.82.